The molecule has 2 aliphatic heterocycles. The molecule has 7 nitrogen and oxygen atoms in total. The van der Waals surface area contributed by atoms with Crippen LogP contribution >= 0.6 is 34.8 Å². The summed E-state index contributed by atoms with van der Waals surface area (Å²) in [4.78, 5) is 14.8. The molecule has 0 aliphatic carbocycles. The highest BCUT2D eigenvalue weighted by Crippen LogP contribution is 2.29. The van der Waals surface area contributed by atoms with Crippen LogP contribution in [0.25, 0.3) is 0 Å². The Morgan fingerprint density at radius 3 is 2.21 bits per heavy atom. The number of nitrogens with zero attached hydrogens (tertiary/aromatic N) is 2. The molecule has 0 unspecified atom stereocenters. The van der Waals surface area contributed by atoms with Gasteiger partial charge in [-0.2, -0.15) is 12.7 Å². The Bertz CT molecular complexity index is 1130. The van der Waals surface area contributed by atoms with Gasteiger partial charge >= 0.3 is 10.2 Å². The minimum Gasteiger partial charge on any atom is -0.490 e. The molecule has 0 radical (unpaired) electrons. The van der Waals surface area contributed by atoms with Gasteiger partial charge in [0.05, 0.1) is 20.6 Å². The fraction of sp³-hybridized carbons (Fsp3) is 0.435. The van der Waals surface area contributed by atoms with Crippen molar-refractivity contribution in [2.75, 3.05) is 26.2 Å². The van der Waals surface area contributed by atoms with Crippen LogP contribution in [0.1, 0.15) is 36.0 Å². The summed E-state index contributed by atoms with van der Waals surface area (Å²) in [6.07, 6.45) is 3.28. The smallest absolute Gasteiger partial charge is 0.304 e. The standard InChI is InChI=1S/C23H26Cl3N3O4S/c24-20-4-2-1-3-19(20)23(30)27-34(31,32)29-13-7-16(8-14-29)28-11-9-17(10-12-28)33-18-5-6-21(25)22(26)15-18/h1-6,15-17H,7-14H2,(H,27,30). The number of carbonyl (C=O) groups excluding carboxylic acids is 1. The van der Waals surface area contributed by atoms with E-state index in [1.54, 1.807) is 30.3 Å². The number of benzene rings is 2. The van der Waals surface area contributed by atoms with E-state index in [1.807, 2.05) is 6.07 Å². The number of piperidine rings is 2. The Labute approximate surface area is 215 Å². The number of amides is 1. The number of likely N-dealkylation sites (tertiary alicyclic amines) is 1. The second-order valence-electron chi connectivity index (χ2n) is 8.48. The Morgan fingerprint density at radius 2 is 1.56 bits per heavy atom. The molecule has 0 spiro atoms. The number of rotatable bonds is 6. The van der Waals surface area contributed by atoms with Crippen LogP contribution in [-0.2, 0) is 10.2 Å². The van der Waals surface area contributed by atoms with E-state index in [0.717, 1.165) is 25.9 Å². The third-order valence-electron chi connectivity index (χ3n) is 6.29. The highest BCUT2D eigenvalue weighted by Gasteiger charge is 2.33. The van der Waals surface area contributed by atoms with Crippen LogP contribution in [0.15, 0.2) is 42.5 Å². The van der Waals surface area contributed by atoms with Crippen molar-refractivity contribution < 1.29 is 17.9 Å². The van der Waals surface area contributed by atoms with Crippen molar-refractivity contribution in [2.24, 2.45) is 0 Å². The molecule has 0 bridgehead atoms. The third kappa shape index (κ3) is 6.17. The second-order valence-corrected chi connectivity index (χ2v) is 11.4. The van der Waals surface area contributed by atoms with Gasteiger partial charge < -0.3 is 9.64 Å². The van der Waals surface area contributed by atoms with Gasteiger partial charge in [-0.1, -0.05) is 46.9 Å². The minimum atomic E-state index is -3.94. The van der Waals surface area contributed by atoms with Gasteiger partial charge in [-0.25, -0.2) is 4.72 Å². The predicted molar refractivity (Wildman–Crippen MR) is 134 cm³/mol. The lowest BCUT2D eigenvalue weighted by molar-refractivity contribution is 0.0584. The summed E-state index contributed by atoms with van der Waals surface area (Å²) in [5.41, 5.74) is 0.133. The van der Waals surface area contributed by atoms with Gasteiger partial charge in [0, 0.05) is 38.3 Å². The van der Waals surface area contributed by atoms with E-state index in [4.69, 9.17) is 39.5 Å². The SMILES string of the molecule is O=C(NS(=O)(=O)N1CCC(N2CCC(Oc3ccc(Cl)c(Cl)c3)CC2)CC1)c1ccccc1Cl. The van der Waals surface area contributed by atoms with Crippen molar-refractivity contribution in [1.82, 2.24) is 13.9 Å². The molecule has 2 aromatic rings. The molecule has 2 heterocycles. The highest BCUT2D eigenvalue weighted by molar-refractivity contribution is 7.87. The van der Waals surface area contributed by atoms with Crippen molar-refractivity contribution in [3.05, 3.63) is 63.1 Å². The van der Waals surface area contributed by atoms with E-state index >= 15 is 0 Å². The Morgan fingerprint density at radius 1 is 0.882 bits per heavy atom. The molecule has 2 aromatic carbocycles. The van der Waals surface area contributed by atoms with Gasteiger partial charge in [0.15, 0.2) is 0 Å². The maximum Gasteiger partial charge on any atom is 0.304 e. The average Bonchev–Trinajstić information content (AvgIpc) is 2.82. The van der Waals surface area contributed by atoms with Crippen LogP contribution in [0.2, 0.25) is 15.1 Å². The molecule has 1 amide bonds. The molecule has 1 N–H and O–H groups in total. The Kier molecular flexibility index (Phi) is 8.28. The minimum absolute atomic E-state index is 0.106. The van der Waals surface area contributed by atoms with E-state index in [-0.39, 0.29) is 16.7 Å². The number of carbonyl (C=O) groups is 1. The maximum absolute atomic E-state index is 12.7. The van der Waals surface area contributed by atoms with Crippen LogP contribution in [-0.4, -0.2) is 61.9 Å². The molecule has 0 saturated carbocycles. The van der Waals surface area contributed by atoms with Gasteiger partial charge in [-0.05, 0) is 49.9 Å². The molecule has 2 aliphatic rings. The zero-order chi connectivity index (χ0) is 24.3. The summed E-state index contributed by atoms with van der Waals surface area (Å²) in [6, 6.07) is 11.9. The van der Waals surface area contributed by atoms with Crippen LogP contribution in [0.5, 0.6) is 5.75 Å². The summed E-state index contributed by atoms with van der Waals surface area (Å²) in [5, 5.41) is 1.18. The lowest BCUT2D eigenvalue weighted by atomic mass is 10.00. The van der Waals surface area contributed by atoms with Crippen LogP contribution in [0, 0.1) is 0 Å². The predicted octanol–water partition coefficient (Wildman–Crippen LogP) is 4.63. The largest absolute Gasteiger partial charge is 0.490 e. The van der Waals surface area contributed by atoms with E-state index in [9.17, 15) is 13.2 Å². The molecule has 11 heteroatoms. The lowest BCUT2D eigenvalue weighted by Gasteiger charge is -2.41. The molecule has 0 atom stereocenters. The molecule has 0 aromatic heterocycles. The first-order valence-electron chi connectivity index (χ1n) is 11.2. The van der Waals surface area contributed by atoms with Gasteiger partial charge in [0.25, 0.3) is 5.91 Å². The van der Waals surface area contributed by atoms with Crippen LogP contribution in [0.3, 0.4) is 0 Å². The topological polar surface area (TPSA) is 79.0 Å². The molecule has 184 valence electrons. The van der Waals surface area contributed by atoms with Crippen molar-refractivity contribution in [2.45, 2.75) is 37.8 Å². The number of ether oxygens (including phenoxy) is 1. The molecule has 2 fully saturated rings. The van der Waals surface area contributed by atoms with Crippen LogP contribution in [0.4, 0.5) is 0 Å². The molecule has 4 rings (SSSR count). The van der Waals surface area contributed by atoms with Gasteiger partial charge in [-0.15, -0.1) is 0 Å². The first kappa shape index (κ1) is 25.5. The summed E-state index contributed by atoms with van der Waals surface area (Å²) < 4.78 is 35.0. The summed E-state index contributed by atoms with van der Waals surface area (Å²) in [7, 11) is -3.94. The summed E-state index contributed by atoms with van der Waals surface area (Å²) >= 11 is 18.0. The fourth-order valence-corrected chi connectivity index (χ4v) is 6.11. The molecular formula is C23H26Cl3N3O4S. The Hall–Kier alpha value is -1.55. The normalized spacial score (nSPS) is 19.1. The molecular weight excluding hydrogens is 521 g/mol. The number of hydrogen-bond donors (Lipinski definition) is 1. The summed E-state index contributed by atoms with van der Waals surface area (Å²) in [6.45, 7) is 2.48. The summed E-state index contributed by atoms with van der Waals surface area (Å²) in [5.74, 6) is -0.0121. The van der Waals surface area contributed by atoms with E-state index in [1.165, 1.54) is 10.4 Å². The second kappa shape index (κ2) is 11.0. The zero-order valence-electron chi connectivity index (χ0n) is 18.4. The average molecular weight is 547 g/mol. The first-order chi connectivity index (χ1) is 16.2. The highest BCUT2D eigenvalue weighted by atomic mass is 35.5. The maximum atomic E-state index is 12.7. The number of halogens is 3. The number of nitrogens with one attached hydrogen (secondary N) is 1. The Balaban J connectivity index is 1.25. The fourth-order valence-electron chi connectivity index (χ4n) is 4.43. The van der Waals surface area contributed by atoms with E-state index < -0.39 is 16.1 Å². The van der Waals surface area contributed by atoms with Crippen molar-refractivity contribution >= 4 is 50.9 Å². The zero-order valence-corrected chi connectivity index (χ0v) is 21.5. The van der Waals surface area contributed by atoms with Crippen molar-refractivity contribution in [3.63, 3.8) is 0 Å². The van der Waals surface area contributed by atoms with Gasteiger partial charge in [-0.3, -0.25) is 4.79 Å². The van der Waals surface area contributed by atoms with E-state index in [2.05, 4.69) is 9.62 Å². The van der Waals surface area contributed by atoms with Crippen LogP contribution < -0.4 is 9.46 Å². The van der Waals surface area contributed by atoms with Crippen molar-refractivity contribution in [3.8, 4) is 5.75 Å². The number of hydrogen-bond acceptors (Lipinski definition) is 5. The molecule has 2 saturated heterocycles. The van der Waals surface area contributed by atoms with Gasteiger partial charge in [0.2, 0.25) is 0 Å². The van der Waals surface area contributed by atoms with E-state index in [0.29, 0.717) is 47.8 Å². The monoisotopic (exact) mass is 545 g/mol. The molecule has 34 heavy (non-hydrogen) atoms. The van der Waals surface area contributed by atoms with Crippen molar-refractivity contribution in [1.29, 1.82) is 0 Å². The quantitative estimate of drug-likeness (QED) is 0.572. The third-order valence-corrected chi connectivity index (χ3v) is 8.85. The lowest BCUT2D eigenvalue weighted by Crippen LogP contribution is -2.52. The van der Waals surface area contributed by atoms with Gasteiger partial charge in [0.1, 0.15) is 11.9 Å². The first-order valence-corrected chi connectivity index (χ1v) is 13.7.